The highest BCUT2D eigenvalue weighted by molar-refractivity contribution is 5.68. The van der Waals surface area contributed by atoms with Crippen LogP contribution in [0.3, 0.4) is 0 Å². The molecule has 0 aromatic carbocycles. The Morgan fingerprint density at radius 1 is 1.41 bits per heavy atom. The number of likely N-dealkylation sites (tertiary alicyclic amines) is 1. The third kappa shape index (κ3) is 1.65. The highest BCUT2D eigenvalue weighted by Crippen LogP contribution is 2.70. The zero-order valence-corrected chi connectivity index (χ0v) is 10.6. The summed E-state index contributed by atoms with van der Waals surface area (Å²) in [6.07, 6.45) is 5.46. The molecular formula is C13H22N2O2. The molecule has 0 atom stereocenters. The average Bonchev–Trinajstić information content (AvgIpc) is 2.11. The molecule has 0 radical (unpaired) electrons. The number of unbranched alkanes of at least 4 members (excludes halogenated alkanes) is 1. The first-order chi connectivity index (χ1) is 8.07. The van der Waals surface area contributed by atoms with Gasteiger partial charge in [0.2, 0.25) is 0 Å². The van der Waals surface area contributed by atoms with E-state index in [1.165, 1.54) is 19.3 Å². The molecule has 1 aliphatic heterocycles. The van der Waals surface area contributed by atoms with Crippen LogP contribution in [0.2, 0.25) is 0 Å². The number of nitrogens with two attached hydrogens (primary N) is 1. The van der Waals surface area contributed by atoms with Crippen molar-refractivity contribution in [2.45, 2.75) is 44.6 Å². The maximum absolute atomic E-state index is 11.6. The van der Waals surface area contributed by atoms with Gasteiger partial charge in [-0.1, -0.05) is 13.3 Å². The van der Waals surface area contributed by atoms with E-state index in [1.54, 1.807) is 0 Å². The van der Waals surface area contributed by atoms with E-state index < -0.39 is 0 Å². The number of rotatable bonds is 4. The van der Waals surface area contributed by atoms with Crippen LogP contribution in [0.15, 0.2) is 0 Å². The van der Waals surface area contributed by atoms with Crippen LogP contribution in [0.5, 0.6) is 0 Å². The molecule has 2 bridgehead atoms. The van der Waals surface area contributed by atoms with E-state index in [2.05, 4.69) is 6.92 Å². The van der Waals surface area contributed by atoms with Crippen LogP contribution in [0, 0.1) is 11.3 Å². The minimum atomic E-state index is -0.122. The number of ether oxygens (including phenoxy) is 1. The van der Waals surface area contributed by atoms with Crippen LogP contribution >= 0.6 is 0 Å². The number of hydrogen-bond donors (Lipinski definition) is 1. The first-order valence-corrected chi connectivity index (χ1v) is 6.78. The highest BCUT2D eigenvalue weighted by atomic mass is 16.6. The summed E-state index contributed by atoms with van der Waals surface area (Å²) in [5.74, 6) is 0.687. The SMILES string of the molecule is CCCCOC(=O)N1CC(C23CC(N)(C2)C3)C1. The van der Waals surface area contributed by atoms with Crippen molar-refractivity contribution in [3.05, 3.63) is 0 Å². The second-order valence-corrected chi connectivity index (χ2v) is 6.32. The number of carbonyl (C=O) groups excluding carboxylic acids is 1. The van der Waals surface area contributed by atoms with E-state index in [4.69, 9.17) is 10.5 Å². The van der Waals surface area contributed by atoms with Crippen molar-refractivity contribution in [2.75, 3.05) is 19.7 Å². The van der Waals surface area contributed by atoms with Gasteiger partial charge in [-0.15, -0.1) is 0 Å². The minimum Gasteiger partial charge on any atom is -0.449 e. The molecule has 17 heavy (non-hydrogen) atoms. The van der Waals surface area contributed by atoms with Gasteiger partial charge in [-0.25, -0.2) is 4.79 Å². The quantitative estimate of drug-likeness (QED) is 0.759. The largest absolute Gasteiger partial charge is 0.449 e. The zero-order chi connectivity index (χ0) is 12.1. The monoisotopic (exact) mass is 238 g/mol. The molecule has 4 heteroatoms. The third-order valence-electron chi connectivity index (χ3n) is 4.84. The lowest BCUT2D eigenvalue weighted by atomic mass is 9.35. The van der Waals surface area contributed by atoms with Gasteiger partial charge < -0.3 is 15.4 Å². The molecule has 0 aromatic rings. The van der Waals surface area contributed by atoms with Gasteiger partial charge in [0, 0.05) is 24.5 Å². The molecule has 1 heterocycles. The molecule has 2 N–H and O–H groups in total. The molecule has 96 valence electrons. The standard InChI is InChI=1S/C13H22N2O2/c1-2-3-4-17-11(16)15-5-10(6-15)12-7-13(14,8-12)9-12/h10H,2-9,14H2,1H3. The molecule has 1 saturated heterocycles. The van der Waals surface area contributed by atoms with Crippen LogP contribution in [-0.2, 0) is 4.74 Å². The fourth-order valence-corrected chi connectivity index (χ4v) is 3.79. The highest BCUT2D eigenvalue weighted by Gasteiger charge is 2.70. The molecule has 4 aliphatic rings. The Hall–Kier alpha value is -0.770. The Bertz CT molecular complexity index is 317. The van der Waals surface area contributed by atoms with Gasteiger partial charge in [0.15, 0.2) is 0 Å². The smallest absolute Gasteiger partial charge is 0.409 e. The summed E-state index contributed by atoms with van der Waals surface area (Å²) >= 11 is 0. The van der Waals surface area contributed by atoms with Crippen LogP contribution in [0.1, 0.15) is 39.0 Å². The third-order valence-corrected chi connectivity index (χ3v) is 4.84. The number of carbonyl (C=O) groups is 1. The second kappa shape index (κ2) is 3.61. The predicted molar refractivity (Wildman–Crippen MR) is 64.5 cm³/mol. The summed E-state index contributed by atoms with van der Waals surface area (Å²) in [5, 5.41) is 0. The van der Waals surface area contributed by atoms with Crippen molar-refractivity contribution < 1.29 is 9.53 Å². The molecule has 0 aromatic heterocycles. The Morgan fingerprint density at radius 3 is 2.59 bits per heavy atom. The van der Waals surface area contributed by atoms with Crippen LogP contribution in [-0.4, -0.2) is 36.2 Å². The average molecular weight is 238 g/mol. The molecule has 1 amide bonds. The van der Waals surface area contributed by atoms with Crippen molar-refractivity contribution in [2.24, 2.45) is 17.1 Å². The molecule has 3 aliphatic carbocycles. The van der Waals surface area contributed by atoms with Crippen molar-refractivity contribution in [1.29, 1.82) is 0 Å². The van der Waals surface area contributed by atoms with E-state index >= 15 is 0 Å². The molecule has 4 fully saturated rings. The topological polar surface area (TPSA) is 55.6 Å². The van der Waals surface area contributed by atoms with Crippen LogP contribution < -0.4 is 5.73 Å². The lowest BCUT2D eigenvalue weighted by Gasteiger charge is -2.74. The maximum atomic E-state index is 11.6. The van der Waals surface area contributed by atoms with Gasteiger partial charge in [-0.3, -0.25) is 0 Å². The first-order valence-electron chi connectivity index (χ1n) is 6.78. The van der Waals surface area contributed by atoms with Crippen LogP contribution in [0.25, 0.3) is 0 Å². The van der Waals surface area contributed by atoms with Crippen LogP contribution in [0.4, 0.5) is 4.79 Å². The van der Waals surface area contributed by atoms with Crippen molar-refractivity contribution in [1.82, 2.24) is 4.90 Å². The van der Waals surface area contributed by atoms with Crippen molar-refractivity contribution in [3.8, 4) is 0 Å². The van der Waals surface area contributed by atoms with Gasteiger partial charge in [0.05, 0.1) is 6.61 Å². The van der Waals surface area contributed by atoms with Gasteiger partial charge in [0.1, 0.15) is 0 Å². The first kappa shape index (κ1) is 11.3. The molecule has 0 spiro atoms. The molecule has 4 rings (SSSR count). The minimum absolute atomic E-state index is 0.122. The Balaban J connectivity index is 1.39. The molecule has 0 unspecified atom stereocenters. The van der Waals surface area contributed by atoms with Gasteiger partial charge in [0.25, 0.3) is 0 Å². The zero-order valence-electron chi connectivity index (χ0n) is 10.6. The van der Waals surface area contributed by atoms with E-state index in [9.17, 15) is 4.79 Å². The van der Waals surface area contributed by atoms with Gasteiger partial charge in [-0.2, -0.15) is 0 Å². The summed E-state index contributed by atoms with van der Waals surface area (Å²) in [4.78, 5) is 13.5. The lowest BCUT2D eigenvalue weighted by molar-refractivity contribution is -0.199. The Labute approximate surface area is 102 Å². The number of nitrogens with zero attached hydrogens (tertiary/aromatic N) is 1. The molecule has 4 nitrogen and oxygen atoms in total. The molecular weight excluding hydrogens is 216 g/mol. The Morgan fingerprint density at radius 2 is 2.06 bits per heavy atom. The van der Waals surface area contributed by atoms with E-state index in [1.807, 2.05) is 4.90 Å². The fourth-order valence-electron chi connectivity index (χ4n) is 3.79. The summed E-state index contributed by atoms with van der Waals surface area (Å²) in [5.41, 5.74) is 6.75. The molecule has 3 saturated carbocycles. The van der Waals surface area contributed by atoms with Gasteiger partial charge >= 0.3 is 6.09 Å². The predicted octanol–water partition coefficient (Wildman–Crippen LogP) is 1.74. The van der Waals surface area contributed by atoms with Gasteiger partial charge in [-0.05, 0) is 31.1 Å². The summed E-state index contributed by atoms with van der Waals surface area (Å²) in [6.45, 7) is 4.44. The fraction of sp³-hybridized carbons (Fsp3) is 0.923. The van der Waals surface area contributed by atoms with Crippen molar-refractivity contribution >= 4 is 6.09 Å². The number of amides is 1. The van der Waals surface area contributed by atoms with Crippen molar-refractivity contribution in [3.63, 3.8) is 0 Å². The van der Waals surface area contributed by atoms with E-state index in [-0.39, 0.29) is 11.6 Å². The van der Waals surface area contributed by atoms with E-state index in [0.29, 0.717) is 17.9 Å². The van der Waals surface area contributed by atoms with E-state index in [0.717, 1.165) is 25.9 Å². The summed E-state index contributed by atoms with van der Waals surface area (Å²) in [6, 6.07) is 0. The summed E-state index contributed by atoms with van der Waals surface area (Å²) in [7, 11) is 0. The second-order valence-electron chi connectivity index (χ2n) is 6.32. The lowest BCUT2D eigenvalue weighted by Crippen LogP contribution is -2.78. The maximum Gasteiger partial charge on any atom is 0.409 e. The normalized spacial score (nSPS) is 39.1. The Kier molecular flexibility index (Phi) is 2.41. The number of hydrogen-bond acceptors (Lipinski definition) is 3. The summed E-state index contributed by atoms with van der Waals surface area (Å²) < 4.78 is 5.19.